The largest absolute Gasteiger partial charge is 0.299 e. The molecule has 0 radical (unpaired) electrons. The molecule has 0 spiro atoms. The smallest absolute Gasteiger partial charge is 0.295 e. The Morgan fingerprint density at radius 1 is 2.00 bits per heavy atom. The van der Waals surface area contributed by atoms with Gasteiger partial charge in [0.05, 0.1) is 0 Å². The molecule has 1 atom stereocenters. The van der Waals surface area contributed by atoms with Crippen LogP contribution in [-0.2, 0) is 4.84 Å². The first kappa shape index (κ1) is 7.68. The van der Waals surface area contributed by atoms with Gasteiger partial charge in [-0.3, -0.25) is 4.84 Å². The molecule has 0 aromatic carbocycles. The normalized spacial score (nSPS) is 12.8. The molecule has 0 heterocycles. The van der Waals surface area contributed by atoms with Crippen molar-refractivity contribution < 1.29 is 9.92 Å². The first-order valence-corrected chi connectivity index (χ1v) is 3.03. The van der Waals surface area contributed by atoms with Gasteiger partial charge in [-0.05, 0) is 6.42 Å². The third-order valence-electron chi connectivity index (χ3n) is 0.521. The van der Waals surface area contributed by atoms with Crippen LogP contribution in [0.3, 0.4) is 0 Å². The molecule has 0 N–H and O–H groups in total. The standard InChI is InChI=1S/C3H6BrNO3/c1-2-3(4)8-5(6)7/h3H,2H2,1H3. The highest BCUT2D eigenvalue weighted by molar-refractivity contribution is 9.09. The molecule has 48 valence electrons. The van der Waals surface area contributed by atoms with Gasteiger partial charge in [-0.15, -0.1) is 10.1 Å². The van der Waals surface area contributed by atoms with Gasteiger partial charge in [0.25, 0.3) is 5.09 Å². The molecule has 0 aromatic heterocycles. The lowest BCUT2D eigenvalue weighted by Gasteiger charge is -2.00. The summed E-state index contributed by atoms with van der Waals surface area (Å²) in [4.78, 5) is 13.6. The molecule has 5 heteroatoms. The Morgan fingerprint density at radius 3 is 2.62 bits per heavy atom. The van der Waals surface area contributed by atoms with E-state index in [0.717, 1.165) is 0 Å². The van der Waals surface area contributed by atoms with Crippen LogP contribution >= 0.6 is 15.9 Å². The minimum Gasteiger partial charge on any atom is -0.299 e. The zero-order chi connectivity index (χ0) is 6.57. The van der Waals surface area contributed by atoms with E-state index in [0.29, 0.717) is 6.42 Å². The van der Waals surface area contributed by atoms with Gasteiger partial charge in [-0.1, -0.05) is 22.9 Å². The van der Waals surface area contributed by atoms with E-state index in [1.165, 1.54) is 0 Å². The van der Waals surface area contributed by atoms with Crippen LogP contribution in [0, 0.1) is 10.1 Å². The molecule has 0 aliphatic rings. The van der Waals surface area contributed by atoms with E-state index in [9.17, 15) is 10.1 Å². The topological polar surface area (TPSA) is 52.4 Å². The lowest BCUT2D eigenvalue weighted by Crippen LogP contribution is -2.08. The fraction of sp³-hybridized carbons (Fsp3) is 1.00. The third kappa shape index (κ3) is 3.86. The molecule has 0 fully saturated rings. The van der Waals surface area contributed by atoms with Crippen molar-refractivity contribution in [3.63, 3.8) is 0 Å². The minimum absolute atomic E-state index is 0.461. The second-order valence-corrected chi connectivity index (χ2v) is 2.17. The lowest BCUT2D eigenvalue weighted by molar-refractivity contribution is -0.761. The third-order valence-corrected chi connectivity index (χ3v) is 1.34. The monoisotopic (exact) mass is 183 g/mol. The SMILES string of the molecule is CCC(Br)O[N+](=O)[O-]. The molecule has 0 saturated carbocycles. The number of alkyl halides is 1. The van der Waals surface area contributed by atoms with Crippen LogP contribution in [0.25, 0.3) is 0 Å². The van der Waals surface area contributed by atoms with Crippen LogP contribution in [0.4, 0.5) is 0 Å². The molecule has 4 nitrogen and oxygen atoms in total. The zero-order valence-corrected chi connectivity index (χ0v) is 5.92. The van der Waals surface area contributed by atoms with Gasteiger partial charge < -0.3 is 0 Å². The van der Waals surface area contributed by atoms with Crippen molar-refractivity contribution in [2.45, 2.75) is 18.4 Å². The summed E-state index contributed by atoms with van der Waals surface area (Å²) in [5.74, 6) is 0. The molecule has 1 unspecified atom stereocenters. The Morgan fingerprint density at radius 2 is 2.50 bits per heavy atom. The Balaban J connectivity index is 3.24. The molecular formula is C3H6BrNO3. The molecule has 0 aliphatic carbocycles. The maximum atomic E-state index is 9.52. The Kier molecular flexibility index (Phi) is 3.51. The Bertz CT molecular complexity index is 86.6. The van der Waals surface area contributed by atoms with E-state index in [2.05, 4.69) is 20.8 Å². The summed E-state index contributed by atoms with van der Waals surface area (Å²) in [5, 5.41) is 8.24. The Hall–Kier alpha value is -0.320. The van der Waals surface area contributed by atoms with Gasteiger partial charge in [-0.25, -0.2) is 0 Å². The van der Waals surface area contributed by atoms with E-state index >= 15 is 0 Å². The van der Waals surface area contributed by atoms with Crippen LogP contribution in [0.1, 0.15) is 13.3 Å². The summed E-state index contributed by atoms with van der Waals surface area (Å²) in [6, 6.07) is 0. The van der Waals surface area contributed by atoms with Crippen LogP contribution < -0.4 is 0 Å². The maximum Gasteiger partial charge on any atom is 0.295 e. The van der Waals surface area contributed by atoms with Crippen molar-refractivity contribution >= 4 is 15.9 Å². The average Bonchev–Trinajstić information content (AvgIpc) is 1.65. The summed E-state index contributed by atoms with van der Waals surface area (Å²) in [6.07, 6.45) is 0.584. The van der Waals surface area contributed by atoms with Crippen molar-refractivity contribution in [3.8, 4) is 0 Å². The summed E-state index contributed by atoms with van der Waals surface area (Å²) < 4.78 is 0. The number of halogens is 1. The van der Waals surface area contributed by atoms with Crippen LogP contribution in [0.15, 0.2) is 0 Å². The summed E-state index contributed by atoms with van der Waals surface area (Å²) >= 11 is 2.91. The lowest BCUT2D eigenvalue weighted by atomic mass is 10.5. The first-order chi connectivity index (χ1) is 3.66. The number of hydrogen-bond acceptors (Lipinski definition) is 3. The van der Waals surface area contributed by atoms with Crippen molar-refractivity contribution in [2.75, 3.05) is 0 Å². The van der Waals surface area contributed by atoms with Gasteiger partial charge in [0.15, 0.2) is 5.01 Å². The van der Waals surface area contributed by atoms with E-state index in [1.54, 1.807) is 6.92 Å². The number of nitrogens with zero attached hydrogens (tertiary/aromatic N) is 1. The van der Waals surface area contributed by atoms with Crippen LogP contribution in [-0.4, -0.2) is 10.1 Å². The molecule has 0 saturated heterocycles. The minimum atomic E-state index is -0.817. The summed E-state index contributed by atoms with van der Waals surface area (Å²) in [7, 11) is 0. The summed E-state index contributed by atoms with van der Waals surface area (Å²) in [6.45, 7) is 1.78. The van der Waals surface area contributed by atoms with E-state index in [1.807, 2.05) is 0 Å². The highest BCUT2D eigenvalue weighted by Gasteiger charge is 2.03. The zero-order valence-electron chi connectivity index (χ0n) is 4.33. The number of rotatable bonds is 3. The molecule has 0 bridgehead atoms. The molecule has 8 heavy (non-hydrogen) atoms. The molecule has 0 aliphatic heterocycles. The maximum absolute atomic E-state index is 9.52. The molecule has 0 rings (SSSR count). The number of hydrogen-bond donors (Lipinski definition) is 0. The van der Waals surface area contributed by atoms with Gasteiger partial charge in [0, 0.05) is 0 Å². The molecular weight excluding hydrogens is 178 g/mol. The van der Waals surface area contributed by atoms with E-state index < -0.39 is 10.1 Å². The van der Waals surface area contributed by atoms with E-state index in [-0.39, 0.29) is 0 Å². The fourth-order valence-electron chi connectivity index (χ4n) is 0.168. The van der Waals surface area contributed by atoms with Gasteiger partial charge in [0.1, 0.15) is 0 Å². The molecule has 0 amide bonds. The van der Waals surface area contributed by atoms with Gasteiger partial charge in [0.2, 0.25) is 0 Å². The predicted octanol–water partition coefficient (Wildman–Crippen LogP) is 1.33. The van der Waals surface area contributed by atoms with Gasteiger partial charge >= 0.3 is 0 Å². The highest BCUT2D eigenvalue weighted by atomic mass is 79.9. The van der Waals surface area contributed by atoms with E-state index in [4.69, 9.17) is 0 Å². The second-order valence-electron chi connectivity index (χ2n) is 1.15. The van der Waals surface area contributed by atoms with Gasteiger partial charge in [-0.2, -0.15) is 0 Å². The summed E-state index contributed by atoms with van der Waals surface area (Å²) in [5.41, 5.74) is 0. The van der Waals surface area contributed by atoms with Crippen molar-refractivity contribution in [1.82, 2.24) is 0 Å². The quantitative estimate of drug-likeness (QED) is 0.377. The second kappa shape index (κ2) is 3.65. The average molecular weight is 184 g/mol. The van der Waals surface area contributed by atoms with Crippen LogP contribution in [0.2, 0.25) is 0 Å². The highest BCUT2D eigenvalue weighted by Crippen LogP contribution is 2.04. The molecule has 0 aromatic rings. The van der Waals surface area contributed by atoms with Crippen molar-refractivity contribution in [3.05, 3.63) is 10.1 Å². The fourth-order valence-corrected chi connectivity index (χ4v) is 0.304. The predicted molar refractivity (Wildman–Crippen MR) is 31.1 cm³/mol. The van der Waals surface area contributed by atoms with Crippen molar-refractivity contribution in [2.24, 2.45) is 0 Å². The first-order valence-electron chi connectivity index (χ1n) is 2.12. The van der Waals surface area contributed by atoms with Crippen molar-refractivity contribution in [1.29, 1.82) is 0 Å². The van der Waals surface area contributed by atoms with Crippen LogP contribution in [0.5, 0.6) is 0 Å². The Labute approximate surface area is 55.1 Å².